The van der Waals surface area contributed by atoms with Crippen LogP contribution in [0.1, 0.15) is 76.8 Å². The Bertz CT molecular complexity index is 919. The van der Waals surface area contributed by atoms with Crippen LogP contribution in [-0.2, 0) is 26.8 Å². The summed E-state index contributed by atoms with van der Waals surface area (Å²) in [4.78, 5) is 11.4. The van der Waals surface area contributed by atoms with Crippen LogP contribution in [0.15, 0.2) is 36.4 Å². The van der Waals surface area contributed by atoms with E-state index in [0.29, 0.717) is 24.7 Å². The van der Waals surface area contributed by atoms with Gasteiger partial charge in [-0.3, -0.25) is 4.79 Å². The van der Waals surface area contributed by atoms with Crippen LogP contribution in [0.2, 0.25) is 0 Å². The molecule has 0 aliphatic heterocycles. The standard InChI is InChI=1S/C28H41NO5/c1-18(17-34-21-11-9-19(10-12-21)13-25(31)33-8)29-16-24(30)20-14-22(27(2,3)4)26(32)23(15-20)28(5,6)7/h9-12,14-15,18,24,29-30,32H,13,16-17H2,1-8H3. The fraction of sp³-hybridized carbons (Fsp3) is 0.536. The third-order valence-electron chi connectivity index (χ3n) is 5.79. The molecule has 0 spiro atoms. The molecule has 0 radical (unpaired) electrons. The molecule has 6 nitrogen and oxygen atoms in total. The third-order valence-corrected chi connectivity index (χ3v) is 5.79. The maximum Gasteiger partial charge on any atom is 0.309 e. The third kappa shape index (κ3) is 7.74. The summed E-state index contributed by atoms with van der Waals surface area (Å²) in [5.41, 5.74) is 2.82. The molecule has 2 atom stereocenters. The van der Waals surface area contributed by atoms with Crippen LogP contribution < -0.4 is 10.1 Å². The first-order valence-corrected chi connectivity index (χ1v) is 11.8. The molecule has 34 heavy (non-hydrogen) atoms. The summed E-state index contributed by atoms with van der Waals surface area (Å²) >= 11 is 0. The number of hydrogen-bond donors (Lipinski definition) is 3. The van der Waals surface area contributed by atoms with Crippen LogP contribution in [0.3, 0.4) is 0 Å². The number of nitrogens with one attached hydrogen (secondary N) is 1. The SMILES string of the molecule is COC(=O)Cc1ccc(OCC(C)NCC(O)c2cc(C(C)(C)C)c(O)c(C(C)(C)C)c2)cc1. The number of rotatable bonds is 9. The van der Waals surface area contributed by atoms with E-state index in [4.69, 9.17) is 4.74 Å². The van der Waals surface area contributed by atoms with Crippen molar-refractivity contribution < 1.29 is 24.5 Å². The van der Waals surface area contributed by atoms with Gasteiger partial charge in [0.2, 0.25) is 0 Å². The number of phenolic OH excluding ortho intramolecular Hbond substituents is 1. The second kappa shape index (κ2) is 11.2. The number of benzene rings is 2. The van der Waals surface area contributed by atoms with Crippen LogP contribution in [0.25, 0.3) is 0 Å². The lowest BCUT2D eigenvalue weighted by Gasteiger charge is -2.29. The highest BCUT2D eigenvalue weighted by atomic mass is 16.5. The molecule has 0 aromatic heterocycles. The zero-order valence-electron chi connectivity index (χ0n) is 21.9. The number of esters is 1. The minimum atomic E-state index is -0.720. The van der Waals surface area contributed by atoms with E-state index in [1.165, 1.54) is 7.11 Å². The van der Waals surface area contributed by atoms with E-state index in [1.807, 2.05) is 43.3 Å². The van der Waals surface area contributed by atoms with Gasteiger partial charge in [0.1, 0.15) is 18.1 Å². The van der Waals surface area contributed by atoms with Gasteiger partial charge in [-0.1, -0.05) is 53.7 Å². The summed E-state index contributed by atoms with van der Waals surface area (Å²) in [5.74, 6) is 0.747. The van der Waals surface area contributed by atoms with Gasteiger partial charge in [-0.2, -0.15) is 0 Å². The van der Waals surface area contributed by atoms with Crippen molar-refractivity contribution in [2.45, 2.75) is 77.9 Å². The molecule has 0 amide bonds. The van der Waals surface area contributed by atoms with E-state index in [-0.39, 0.29) is 29.3 Å². The van der Waals surface area contributed by atoms with Crippen molar-refractivity contribution in [3.8, 4) is 11.5 Å². The molecule has 2 aromatic carbocycles. The van der Waals surface area contributed by atoms with Crippen LogP contribution in [0.5, 0.6) is 11.5 Å². The predicted molar refractivity (Wildman–Crippen MR) is 136 cm³/mol. The first-order valence-electron chi connectivity index (χ1n) is 11.8. The second-order valence-electron chi connectivity index (χ2n) is 11.0. The molecule has 2 unspecified atom stereocenters. The number of ether oxygens (including phenoxy) is 2. The van der Waals surface area contributed by atoms with Crippen molar-refractivity contribution in [3.63, 3.8) is 0 Å². The normalized spacial score (nSPS) is 13.9. The number of phenols is 1. The Labute approximate surface area is 204 Å². The Kier molecular flexibility index (Phi) is 9.15. The number of aliphatic hydroxyl groups is 1. The molecule has 0 fully saturated rings. The highest BCUT2D eigenvalue weighted by Crippen LogP contribution is 2.40. The summed E-state index contributed by atoms with van der Waals surface area (Å²) in [6.07, 6.45) is -0.486. The molecule has 0 bridgehead atoms. The quantitative estimate of drug-likeness (QED) is 0.456. The van der Waals surface area contributed by atoms with E-state index in [9.17, 15) is 15.0 Å². The van der Waals surface area contributed by atoms with E-state index in [0.717, 1.165) is 22.3 Å². The van der Waals surface area contributed by atoms with Crippen LogP contribution >= 0.6 is 0 Å². The number of aliphatic hydroxyl groups excluding tert-OH is 1. The van der Waals surface area contributed by atoms with Gasteiger partial charge in [-0.25, -0.2) is 0 Å². The lowest BCUT2D eigenvalue weighted by molar-refractivity contribution is -0.139. The molecule has 0 heterocycles. The fourth-order valence-corrected chi connectivity index (χ4v) is 3.65. The van der Waals surface area contributed by atoms with Gasteiger partial charge in [0, 0.05) is 12.6 Å². The van der Waals surface area contributed by atoms with Gasteiger partial charge in [-0.05, 0) is 64.3 Å². The van der Waals surface area contributed by atoms with Crippen molar-refractivity contribution in [2.24, 2.45) is 0 Å². The summed E-state index contributed by atoms with van der Waals surface area (Å²) in [6.45, 7) is 15.1. The zero-order valence-corrected chi connectivity index (χ0v) is 21.9. The highest BCUT2D eigenvalue weighted by molar-refractivity contribution is 5.72. The predicted octanol–water partition coefficient (Wildman–Crippen LogP) is 4.79. The summed E-state index contributed by atoms with van der Waals surface area (Å²) in [7, 11) is 1.37. The van der Waals surface area contributed by atoms with Gasteiger partial charge < -0.3 is 25.0 Å². The fourth-order valence-electron chi connectivity index (χ4n) is 3.65. The van der Waals surface area contributed by atoms with Gasteiger partial charge in [0.05, 0.1) is 19.6 Å². The number of methoxy groups -OCH3 is 1. The van der Waals surface area contributed by atoms with E-state index in [1.54, 1.807) is 0 Å². The van der Waals surface area contributed by atoms with Gasteiger partial charge in [0.15, 0.2) is 0 Å². The zero-order chi connectivity index (χ0) is 25.7. The Balaban J connectivity index is 2.00. The summed E-state index contributed by atoms with van der Waals surface area (Å²) in [5, 5.41) is 25.2. The van der Waals surface area contributed by atoms with Crippen LogP contribution in [-0.4, -0.2) is 42.5 Å². The number of aromatic hydroxyl groups is 1. The Hall–Kier alpha value is -2.57. The Morgan fingerprint density at radius 1 is 1.00 bits per heavy atom. The number of carbonyl (C=O) groups excluding carboxylic acids is 1. The lowest BCUT2D eigenvalue weighted by atomic mass is 9.78. The highest BCUT2D eigenvalue weighted by Gasteiger charge is 2.27. The van der Waals surface area contributed by atoms with Crippen molar-refractivity contribution in [1.29, 1.82) is 0 Å². The van der Waals surface area contributed by atoms with Crippen molar-refractivity contribution in [1.82, 2.24) is 5.32 Å². The topological polar surface area (TPSA) is 88.0 Å². The molecule has 3 N–H and O–H groups in total. The van der Waals surface area contributed by atoms with E-state index < -0.39 is 6.10 Å². The molecule has 0 aliphatic carbocycles. The van der Waals surface area contributed by atoms with Crippen LogP contribution in [0.4, 0.5) is 0 Å². The molecular formula is C28H41NO5. The van der Waals surface area contributed by atoms with Crippen molar-refractivity contribution >= 4 is 5.97 Å². The molecule has 0 aliphatic rings. The molecule has 2 aromatic rings. The smallest absolute Gasteiger partial charge is 0.309 e. The van der Waals surface area contributed by atoms with Gasteiger partial charge >= 0.3 is 5.97 Å². The monoisotopic (exact) mass is 471 g/mol. The Morgan fingerprint density at radius 3 is 2.00 bits per heavy atom. The molecular weight excluding hydrogens is 430 g/mol. The number of carbonyl (C=O) groups is 1. The maximum atomic E-state index is 11.4. The van der Waals surface area contributed by atoms with Gasteiger partial charge in [-0.15, -0.1) is 0 Å². The minimum absolute atomic E-state index is 0.00526. The molecule has 2 rings (SSSR count). The average Bonchev–Trinajstić information content (AvgIpc) is 2.75. The molecule has 0 saturated carbocycles. The largest absolute Gasteiger partial charge is 0.507 e. The van der Waals surface area contributed by atoms with E-state index in [2.05, 4.69) is 51.6 Å². The van der Waals surface area contributed by atoms with Crippen LogP contribution in [0, 0.1) is 0 Å². The van der Waals surface area contributed by atoms with E-state index >= 15 is 0 Å². The first-order chi connectivity index (χ1) is 15.7. The average molecular weight is 472 g/mol. The molecule has 6 heteroatoms. The summed E-state index contributed by atoms with van der Waals surface area (Å²) in [6, 6.07) is 11.2. The number of hydrogen-bond acceptors (Lipinski definition) is 6. The van der Waals surface area contributed by atoms with Gasteiger partial charge in [0.25, 0.3) is 0 Å². The minimum Gasteiger partial charge on any atom is -0.507 e. The lowest BCUT2D eigenvalue weighted by Crippen LogP contribution is -2.35. The second-order valence-corrected chi connectivity index (χ2v) is 11.0. The van der Waals surface area contributed by atoms with Crippen molar-refractivity contribution in [2.75, 3.05) is 20.3 Å². The van der Waals surface area contributed by atoms with Crippen molar-refractivity contribution in [3.05, 3.63) is 58.7 Å². The molecule has 188 valence electrons. The Morgan fingerprint density at radius 2 is 1.53 bits per heavy atom. The maximum absolute atomic E-state index is 11.4. The summed E-state index contributed by atoms with van der Waals surface area (Å²) < 4.78 is 10.5. The first kappa shape index (κ1) is 27.7. The molecule has 0 saturated heterocycles.